The van der Waals surface area contributed by atoms with Gasteiger partial charge in [0.1, 0.15) is 30.1 Å². The van der Waals surface area contributed by atoms with Crippen molar-refractivity contribution < 1.29 is 63.3 Å². The van der Waals surface area contributed by atoms with E-state index in [-0.39, 0.29) is 67.8 Å². The topological polar surface area (TPSA) is 206 Å². The van der Waals surface area contributed by atoms with Gasteiger partial charge in [0.2, 0.25) is 5.79 Å². The van der Waals surface area contributed by atoms with Gasteiger partial charge in [-0.25, -0.2) is 4.79 Å². The van der Waals surface area contributed by atoms with Crippen molar-refractivity contribution in [1.82, 2.24) is 4.90 Å². The molecule has 3 aliphatic rings. The minimum absolute atomic E-state index is 0.0348. The number of cyclic esters (lactones) is 1. The summed E-state index contributed by atoms with van der Waals surface area (Å²) in [5.41, 5.74) is 1.36. The zero-order valence-electron chi connectivity index (χ0n) is 39.0. The van der Waals surface area contributed by atoms with Crippen LogP contribution in [0.15, 0.2) is 47.6 Å². The van der Waals surface area contributed by atoms with Crippen molar-refractivity contribution in [3.8, 4) is 0 Å². The van der Waals surface area contributed by atoms with Gasteiger partial charge in [-0.1, -0.05) is 70.1 Å². The van der Waals surface area contributed by atoms with E-state index in [2.05, 4.69) is 0 Å². The summed E-state index contributed by atoms with van der Waals surface area (Å²) in [6.45, 7) is 8.94. The molecule has 0 aromatic rings. The van der Waals surface area contributed by atoms with Crippen LogP contribution in [0, 0.1) is 23.7 Å². The van der Waals surface area contributed by atoms with Crippen molar-refractivity contribution in [2.45, 2.75) is 179 Å². The maximum Gasteiger partial charge on any atom is 0.329 e. The fraction of sp³-hybridized carbons (Fsp3) is 0.735. The molecule has 63 heavy (non-hydrogen) atoms. The fourth-order valence-corrected chi connectivity index (χ4v) is 9.06. The van der Waals surface area contributed by atoms with Gasteiger partial charge >= 0.3 is 5.97 Å². The lowest BCUT2D eigenvalue weighted by Crippen LogP contribution is -2.57. The number of Topliss-reactive ketones (excluding diaryl/α,β-unsaturated/α-hetero) is 3. The molecule has 0 radical (unpaired) electrons. The SMILES string of the molecule is COC1CC(CC[C@@H]2CC(=O)C/C=C(\C)C(O)[C@@H](OC)C(=O)C(C)C[C@H](C)/C=C/C=C/C=C(\C)[C@H](OC)CCCCC(C)C(O)(O)C(=O)C(=O)N3CCCCC3C(=O)O2)CC[C@H]1O. The highest BCUT2D eigenvalue weighted by Crippen LogP contribution is 2.32. The van der Waals surface area contributed by atoms with Crippen molar-refractivity contribution >= 4 is 29.2 Å². The summed E-state index contributed by atoms with van der Waals surface area (Å²) in [6.07, 6.45) is 13.0. The lowest BCUT2D eigenvalue weighted by atomic mass is 9.82. The smallest absolute Gasteiger partial charge is 0.329 e. The molecule has 14 heteroatoms. The summed E-state index contributed by atoms with van der Waals surface area (Å²) < 4.78 is 22.7. The number of hydrogen-bond acceptors (Lipinski definition) is 13. The standard InChI is InChI=1S/C49H77NO13/c1-31-16-10-9-11-17-32(2)41(60-6)20-13-12-18-35(5)49(58,59)46(55)47(56)50-27-15-14-19-39(50)48(57)63-38(25-22-36-23-26-40(52)42(29-36)61-7)30-37(51)24-21-33(3)43(53)45(62-8)44(54)34(4)28-31/h9-11,16-17,21,31,34-36,38-43,45,52-53,58-59H,12-15,18-20,22-30H2,1-8H3/b11-9+,16-10+,32-17+,33-21+/t31-,34?,35?,36?,38-,39?,40-,41-,42?,43?,45-/m1/s1. The Kier molecular flexibility index (Phi) is 22.7. The Labute approximate surface area is 375 Å². The quantitative estimate of drug-likeness (QED) is 0.110. The van der Waals surface area contributed by atoms with E-state index in [1.807, 2.05) is 51.2 Å². The number of nitrogens with zero attached hydrogens (tertiary/aromatic N) is 1. The highest BCUT2D eigenvalue weighted by Gasteiger charge is 2.47. The van der Waals surface area contributed by atoms with Crippen LogP contribution in [-0.2, 0) is 42.9 Å². The number of piperidine rings is 1. The molecule has 4 N–H and O–H groups in total. The number of allylic oxidation sites excluding steroid dienone is 6. The summed E-state index contributed by atoms with van der Waals surface area (Å²) in [6, 6.07) is -1.18. The van der Waals surface area contributed by atoms with Crippen LogP contribution >= 0.6 is 0 Å². The number of ether oxygens (including phenoxy) is 4. The summed E-state index contributed by atoms with van der Waals surface area (Å²) in [5.74, 6) is -8.14. The Hall–Kier alpha value is -3.37. The largest absolute Gasteiger partial charge is 0.460 e. The number of aliphatic hydroxyl groups is 4. The van der Waals surface area contributed by atoms with Crippen molar-refractivity contribution in [3.63, 3.8) is 0 Å². The van der Waals surface area contributed by atoms with E-state index >= 15 is 0 Å². The molecule has 0 aromatic carbocycles. The molecule has 1 saturated heterocycles. The minimum atomic E-state index is -2.97. The molecule has 2 heterocycles. The van der Waals surface area contributed by atoms with Gasteiger partial charge in [-0.2, -0.15) is 0 Å². The van der Waals surface area contributed by atoms with Crippen LogP contribution in [0.4, 0.5) is 0 Å². The van der Waals surface area contributed by atoms with Gasteiger partial charge in [-0.3, -0.25) is 19.2 Å². The first-order valence-electron chi connectivity index (χ1n) is 23.0. The molecule has 14 nitrogen and oxygen atoms in total. The summed E-state index contributed by atoms with van der Waals surface area (Å²) in [7, 11) is 4.54. The number of methoxy groups -OCH3 is 3. The normalized spacial score (nSPS) is 36.4. The molecular formula is C49H77NO13. The lowest BCUT2D eigenvalue weighted by Gasteiger charge is -2.36. The number of ketones is 3. The van der Waals surface area contributed by atoms with Gasteiger partial charge in [-0.05, 0) is 107 Å². The molecule has 356 valence electrons. The number of amides is 1. The first-order chi connectivity index (χ1) is 29.8. The number of carbonyl (C=O) groups is 5. The van der Waals surface area contributed by atoms with Crippen LogP contribution in [0.2, 0.25) is 0 Å². The highest BCUT2D eigenvalue weighted by molar-refractivity contribution is 6.39. The third kappa shape index (κ3) is 16.2. The average Bonchev–Trinajstić information content (AvgIpc) is 3.26. The summed E-state index contributed by atoms with van der Waals surface area (Å²) in [5, 5.41) is 43.8. The molecule has 0 bridgehead atoms. The Morgan fingerprint density at radius 1 is 0.794 bits per heavy atom. The van der Waals surface area contributed by atoms with Gasteiger partial charge in [0.15, 0.2) is 5.78 Å². The Bertz CT molecular complexity index is 1630. The second-order valence-corrected chi connectivity index (χ2v) is 18.3. The van der Waals surface area contributed by atoms with Crippen molar-refractivity contribution in [3.05, 3.63) is 47.6 Å². The van der Waals surface area contributed by atoms with Crippen molar-refractivity contribution in [2.75, 3.05) is 27.9 Å². The lowest BCUT2D eigenvalue weighted by molar-refractivity contribution is -0.205. The average molecular weight is 888 g/mol. The van der Waals surface area contributed by atoms with Gasteiger partial charge in [0.25, 0.3) is 11.7 Å². The first-order valence-corrected chi connectivity index (χ1v) is 23.0. The Morgan fingerprint density at radius 2 is 1.49 bits per heavy atom. The Balaban J connectivity index is 1.92. The van der Waals surface area contributed by atoms with Crippen LogP contribution in [0.5, 0.6) is 0 Å². The van der Waals surface area contributed by atoms with E-state index in [0.717, 1.165) is 16.9 Å². The van der Waals surface area contributed by atoms with Gasteiger partial charge in [0, 0.05) is 52.6 Å². The number of aliphatic hydroxyl groups excluding tert-OH is 2. The molecule has 3 rings (SSSR count). The first kappa shape index (κ1) is 54.0. The molecule has 11 atom stereocenters. The maximum atomic E-state index is 14.0. The van der Waals surface area contributed by atoms with Crippen LogP contribution in [0.1, 0.15) is 131 Å². The van der Waals surface area contributed by atoms with E-state index in [0.29, 0.717) is 69.8 Å². The molecule has 1 amide bonds. The molecule has 1 aliphatic carbocycles. The Morgan fingerprint density at radius 3 is 2.17 bits per heavy atom. The monoisotopic (exact) mass is 888 g/mol. The van der Waals surface area contributed by atoms with Crippen LogP contribution in [0.3, 0.4) is 0 Å². The summed E-state index contributed by atoms with van der Waals surface area (Å²) >= 11 is 0. The third-order valence-electron chi connectivity index (χ3n) is 13.4. The molecular weight excluding hydrogens is 811 g/mol. The molecule has 0 spiro atoms. The minimum Gasteiger partial charge on any atom is -0.460 e. The van der Waals surface area contributed by atoms with Gasteiger partial charge < -0.3 is 44.3 Å². The van der Waals surface area contributed by atoms with E-state index < -0.39 is 65.7 Å². The predicted molar refractivity (Wildman–Crippen MR) is 238 cm³/mol. The number of hydrogen-bond donors (Lipinski definition) is 4. The second-order valence-electron chi connectivity index (χ2n) is 18.3. The zero-order chi connectivity index (χ0) is 46.9. The van der Waals surface area contributed by atoms with Gasteiger partial charge in [0.05, 0.1) is 18.3 Å². The van der Waals surface area contributed by atoms with E-state index in [9.17, 15) is 44.4 Å². The molecule has 1 saturated carbocycles. The molecule has 2 aliphatic heterocycles. The van der Waals surface area contributed by atoms with Gasteiger partial charge in [-0.15, -0.1) is 0 Å². The number of rotatable bonds is 6. The van der Waals surface area contributed by atoms with Crippen LogP contribution in [0.25, 0.3) is 0 Å². The van der Waals surface area contributed by atoms with E-state index in [1.54, 1.807) is 27.2 Å². The van der Waals surface area contributed by atoms with Crippen molar-refractivity contribution in [2.24, 2.45) is 23.7 Å². The number of fused-ring (bicyclic) bond motifs is 1. The number of esters is 1. The summed E-state index contributed by atoms with van der Waals surface area (Å²) in [4.78, 5) is 69.5. The number of carbonyl (C=O) groups excluding carboxylic acids is 5. The van der Waals surface area contributed by atoms with Crippen LogP contribution in [-0.4, -0.2) is 131 Å². The highest BCUT2D eigenvalue weighted by atomic mass is 16.5. The van der Waals surface area contributed by atoms with E-state index in [1.165, 1.54) is 14.0 Å². The zero-order valence-corrected chi connectivity index (χ0v) is 39.0. The predicted octanol–water partition coefficient (Wildman–Crippen LogP) is 5.67. The maximum absolute atomic E-state index is 14.0. The fourth-order valence-electron chi connectivity index (χ4n) is 9.06. The third-order valence-corrected chi connectivity index (χ3v) is 13.4. The second kappa shape index (κ2) is 26.6. The molecule has 6 unspecified atom stereocenters. The van der Waals surface area contributed by atoms with Crippen LogP contribution < -0.4 is 0 Å². The molecule has 2 fully saturated rings. The van der Waals surface area contributed by atoms with Crippen molar-refractivity contribution in [1.29, 1.82) is 0 Å². The van der Waals surface area contributed by atoms with E-state index in [4.69, 9.17) is 18.9 Å². The molecule has 0 aromatic heterocycles.